The quantitative estimate of drug-likeness (QED) is 0.650. The lowest BCUT2D eigenvalue weighted by Crippen LogP contribution is -2.36. The number of benzene rings is 2. The van der Waals surface area contributed by atoms with E-state index in [9.17, 15) is 4.79 Å². The smallest absolute Gasteiger partial charge is 0.229 e. The molecular formula is C24H30N4O2. The van der Waals surface area contributed by atoms with Gasteiger partial charge in [-0.25, -0.2) is 4.98 Å². The van der Waals surface area contributed by atoms with Gasteiger partial charge in [-0.1, -0.05) is 44.2 Å². The van der Waals surface area contributed by atoms with Crippen LogP contribution < -0.4 is 5.32 Å². The van der Waals surface area contributed by atoms with Crippen LogP contribution in [0, 0.1) is 5.92 Å². The maximum Gasteiger partial charge on any atom is 0.229 e. The number of para-hydroxylation sites is 3. The Bertz CT molecular complexity index is 1010. The highest BCUT2D eigenvalue weighted by atomic mass is 16.5. The highest BCUT2D eigenvalue weighted by molar-refractivity contribution is 5.93. The van der Waals surface area contributed by atoms with E-state index in [0.29, 0.717) is 6.54 Å². The van der Waals surface area contributed by atoms with Crippen LogP contribution in [-0.2, 0) is 29.0 Å². The van der Waals surface area contributed by atoms with Crippen molar-refractivity contribution >= 4 is 22.6 Å². The second kappa shape index (κ2) is 9.41. The van der Waals surface area contributed by atoms with Crippen molar-refractivity contribution in [3.63, 3.8) is 0 Å². The van der Waals surface area contributed by atoms with Gasteiger partial charge in [0.05, 0.1) is 30.2 Å². The van der Waals surface area contributed by atoms with Crippen molar-refractivity contribution in [1.29, 1.82) is 0 Å². The van der Waals surface area contributed by atoms with Crippen molar-refractivity contribution < 1.29 is 9.53 Å². The first-order chi connectivity index (χ1) is 14.7. The lowest BCUT2D eigenvalue weighted by Gasteiger charge is -2.27. The number of hydrogen-bond donors (Lipinski definition) is 1. The summed E-state index contributed by atoms with van der Waals surface area (Å²) in [4.78, 5) is 20.1. The number of carbonyl (C=O) groups is 1. The average molecular weight is 407 g/mol. The Morgan fingerprint density at radius 1 is 1.13 bits per heavy atom. The van der Waals surface area contributed by atoms with Gasteiger partial charge in [-0.2, -0.15) is 0 Å². The van der Waals surface area contributed by atoms with E-state index in [0.717, 1.165) is 67.4 Å². The molecule has 3 aromatic rings. The molecule has 0 radical (unpaired) electrons. The molecule has 158 valence electrons. The molecule has 6 heteroatoms. The van der Waals surface area contributed by atoms with E-state index in [4.69, 9.17) is 9.72 Å². The second-order valence-electron chi connectivity index (χ2n) is 7.92. The summed E-state index contributed by atoms with van der Waals surface area (Å²) in [5.41, 5.74) is 4.11. The molecule has 0 bridgehead atoms. The largest absolute Gasteiger partial charge is 0.379 e. The van der Waals surface area contributed by atoms with Gasteiger partial charge in [0, 0.05) is 38.3 Å². The lowest BCUT2D eigenvalue weighted by atomic mass is 10.1. The first-order valence-corrected chi connectivity index (χ1v) is 10.8. The third kappa shape index (κ3) is 4.55. The summed E-state index contributed by atoms with van der Waals surface area (Å²) < 4.78 is 7.62. The zero-order valence-corrected chi connectivity index (χ0v) is 17.8. The molecule has 4 rings (SSSR count). The van der Waals surface area contributed by atoms with E-state index in [-0.39, 0.29) is 11.8 Å². The van der Waals surface area contributed by atoms with Crippen LogP contribution in [0.1, 0.15) is 25.2 Å². The highest BCUT2D eigenvalue weighted by Crippen LogP contribution is 2.21. The molecule has 2 heterocycles. The predicted molar refractivity (Wildman–Crippen MR) is 119 cm³/mol. The average Bonchev–Trinajstić information content (AvgIpc) is 3.13. The molecule has 1 aliphatic rings. The molecule has 0 spiro atoms. The van der Waals surface area contributed by atoms with Crippen molar-refractivity contribution in [2.45, 2.75) is 33.4 Å². The van der Waals surface area contributed by atoms with E-state index in [1.54, 1.807) is 0 Å². The van der Waals surface area contributed by atoms with Crippen molar-refractivity contribution in [2.24, 2.45) is 5.92 Å². The number of aryl methyl sites for hydroxylation is 1. The highest BCUT2D eigenvalue weighted by Gasteiger charge is 2.19. The second-order valence-corrected chi connectivity index (χ2v) is 7.92. The first-order valence-electron chi connectivity index (χ1n) is 10.8. The number of ether oxygens (including phenoxy) is 1. The van der Waals surface area contributed by atoms with Gasteiger partial charge in [0.1, 0.15) is 5.82 Å². The molecule has 2 aromatic carbocycles. The summed E-state index contributed by atoms with van der Waals surface area (Å²) >= 11 is 0. The molecule has 1 atom stereocenters. The fraction of sp³-hybridized carbons (Fsp3) is 0.417. The SMILES string of the molecule is CCc1nc2ccccc2n1C[C@H](C)C(=O)Nc1ccccc1CN1CCOCC1. The number of fused-ring (bicyclic) bond motifs is 1. The van der Waals surface area contributed by atoms with E-state index in [1.807, 2.05) is 43.3 Å². The standard InChI is InChI=1S/C24H30N4O2/c1-3-23-25-21-10-6-7-11-22(21)28(23)16-18(2)24(29)26-20-9-5-4-8-19(20)17-27-12-14-30-15-13-27/h4-11,18H,3,12-17H2,1-2H3,(H,26,29)/t18-/m0/s1. The summed E-state index contributed by atoms with van der Waals surface area (Å²) in [5.74, 6) is 0.872. The number of anilines is 1. The van der Waals surface area contributed by atoms with Crippen LogP contribution in [0.5, 0.6) is 0 Å². The van der Waals surface area contributed by atoms with Crippen molar-refractivity contribution in [3.05, 3.63) is 59.9 Å². The Kier molecular flexibility index (Phi) is 6.45. The topological polar surface area (TPSA) is 59.4 Å². The van der Waals surface area contributed by atoms with Gasteiger partial charge in [-0.05, 0) is 23.8 Å². The summed E-state index contributed by atoms with van der Waals surface area (Å²) in [6.07, 6.45) is 0.839. The maximum absolute atomic E-state index is 13.0. The van der Waals surface area contributed by atoms with Gasteiger partial charge in [0.25, 0.3) is 0 Å². The number of morpholine rings is 1. The third-order valence-electron chi connectivity index (χ3n) is 5.73. The summed E-state index contributed by atoms with van der Waals surface area (Å²) in [5, 5.41) is 3.17. The van der Waals surface area contributed by atoms with Crippen LogP contribution in [0.25, 0.3) is 11.0 Å². The molecule has 1 aromatic heterocycles. The Labute approximate surface area is 177 Å². The van der Waals surface area contributed by atoms with Gasteiger partial charge >= 0.3 is 0 Å². The van der Waals surface area contributed by atoms with Gasteiger partial charge in [-0.3, -0.25) is 9.69 Å². The fourth-order valence-corrected chi connectivity index (χ4v) is 3.99. The van der Waals surface area contributed by atoms with Crippen LogP contribution in [0.3, 0.4) is 0 Å². The molecule has 1 fully saturated rings. The fourth-order valence-electron chi connectivity index (χ4n) is 3.99. The minimum atomic E-state index is -0.177. The van der Waals surface area contributed by atoms with E-state index >= 15 is 0 Å². The van der Waals surface area contributed by atoms with Crippen LogP contribution in [0.4, 0.5) is 5.69 Å². The normalized spacial score (nSPS) is 15.9. The summed E-state index contributed by atoms with van der Waals surface area (Å²) in [6.45, 7) is 8.90. The van der Waals surface area contributed by atoms with E-state index in [2.05, 4.69) is 33.8 Å². The molecule has 30 heavy (non-hydrogen) atoms. The minimum Gasteiger partial charge on any atom is -0.379 e. The number of hydrogen-bond acceptors (Lipinski definition) is 4. The molecule has 0 unspecified atom stereocenters. The Morgan fingerprint density at radius 2 is 1.87 bits per heavy atom. The van der Waals surface area contributed by atoms with Crippen LogP contribution in [0.15, 0.2) is 48.5 Å². The molecule has 6 nitrogen and oxygen atoms in total. The number of carbonyl (C=O) groups excluding carboxylic acids is 1. The molecule has 0 saturated carbocycles. The molecule has 0 aliphatic carbocycles. The number of imidazole rings is 1. The molecule has 1 N–H and O–H groups in total. The molecule has 1 aliphatic heterocycles. The zero-order chi connectivity index (χ0) is 20.9. The molecular weight excluding hydrogens is 376 g/mol. The zero-order valence-electron chi connectivity index (χ0n) is 17.8. The number of amides is 1. The lowest BCUT2D eigenvalue weighted by molar-refractivity contribution is -0.119. The van der Waals surface area contributed by atoms with Crippen LogP contribution >= 0.6 is 0 Å². The third-order valence-corrected chi connectivity index (χ3v) is 5.73. The Balaban J connectivity index is 1.47. The van der Waals surface area contributed by atoms with Gasteiger partial charge in [0.15, 0.2) is 0 Å². The van der Waals surface area contributed by atoms with Crippen molar-refractivity contribution in [3.8, 4) is 0 Å². The molecule has 1 saturated heterocycles. The summed E-state index contributed by atoms with van der Waals surface area (Å²) in [6, 6.07) is 16.2. The maximum atomic E-state index is 13.0. The monoisotopic (exact) mass is 406 g/mol. The number of aromatic nitrogens is 2. The number of nitrogens with zero attached hydrogens (tertiary/aromatic N) is 3. The minimum absolute atomic E-state index is 0.0317. The van der Waals surface area contributed by atoms with E-state index < -0.39 is 0 Å². The van der Waals surface area contributed by atoms with E-state index in [1.165, 1.54) is 0 Å². The predicted octanol–water partition coefficient (Wildman–Crippen LogP) is 3.71. The molecule has 1 amide bonds. The Hall–Kier alpha value is -2.70. The van der Waals surface area contributed by atoms with Gasteiger partial charge < -0.3 is 14.6 Å². The number of nitrogens with one attached hydrogen (secondary N) is 1. The van der Waals surface area contributed by atoms with Gasteiger partial charge in [-0.15, -0.1) is 0 Å². The Morgan fingerprint density at radius 3 is 2.67 bits per heavy atom. The van der Waals surface area contributed by atoms with Gasteiger partial charge in [0.2, 0.25) is 5.91 Å². The van der Waals surface area contributed by atoms with Crippen LogP contribution in [0.2, 0.25) is 0 Å². The van der Waals surface area contributed by atoms with Crippen LogP contribution in [-0.4, -0.2) is 46.7 Å². The first kappa shape index (κ1) is 20.6. The van der Waals surface area contributed by atoms with Crippen molar-refractivity contribution in [1.82, 2.24) is 14.5 Å². The number of rotatable bonds is 7. The summed E-state index contributed by atoms with van der Waals surface area (Å²) in [7, 11) is 0. The van der Waals surface area contributed by atoms with Crippen molar-refractivity contribution in [2.75, 3.05) is 31.6 Å².